The lowest BCUT2D eigenvalue weighted by molar-refractivity contribution is -0.129. The first-order valence-corrected chi connectivity index (χ1v) is 7.64. The highest BCUT2D eigenvalue weighted by Crippen LogP contribution is 2.19. The van der Waals surface area contributed by atoms with Crippen molar-refractivity contribution in [1.29, 1.82) is 0 Å². The normalized spacial score (nSPS) is 18.4. The highest BCUT2D eigenvalue weighted by molar-refractivity contribution is 6.30. The van der Waals surface area contributed by atoms with E-state index in [1.807, 2.05) is 30.9 Å². The number of nitrogens with one attached hydrogen (secondary N) is 1. The standard InChI is InChI=1S/C16H21ClN2O2/c1-11(2)19-10-13(8-16(19)21)9-18-15(20)7-12-4-3-5-14(17)6-12/h3-6,11,13H,7-10H2,1-2H3,(H,18,20). The molecule has 1 aliphatic rings. The lowest BCUT2D eigenvalue weighted by Crippen LogP contribution is -2.34. The van der Waals surface area contributed by atoms with Gasteiger partial charge >= 0.3 is 0 Å². The van der Waals surface area contributed by atoms with E-state index in [4.69, 9.17) is 11.6 Å². The number of hydrogen-bond donors (Lipinski definition) is 1. The van der Waals surface area contributed by atoms with Crippen LogP contribution in [-0.2, 0) is 16.0 Å². The first kappa shape index (κ1) is 15.8. The van der Waals surface area contributed by atoms with Crippen LogP contribution in [0.4, 0.5) is 0 Å². The summed E-state index contributed by atoms with van der Waals surface area (Å²) in [5.74, 6) is 0.356. The van der Waals surface area contributed by atoms with E-state index in [1.54, 1.807) is 12.1 Å². The Morgan fingerprint density at radius 1 is 1.48 bits per heavy atom. The van der Waals surface area contributed by atoms with Crippen molar-refractivity contribution in [3.8, 4) is 0 Å². The van der Waals surface area contributed by atoms with E-state index >= 15 is 0 Å². The lowest BCUT2D eigenvalue weighted by atomic mass is 10.1. The SMILES string of the molecule is CC(C)N1CC(CNC(=O)Cc2cccc(Cl)c2)CC1=O. The molecule has 0 aromatic heterocycles. The molecule has 1 aromatic rings. The van der Waals surface area contributed by atoms with Crippen LogP contribution in [0.5, 0.6) is 0 Å². The number of nitrogens with zero attached hydrogens (tertiary/aromatic N) is 1. The smallest absolute Gasteiger partial charge is 0.224 e. The summed E-state index contributed by atoms with van der Waals surface area (Å²) in [4.78, 5) is 25.6. The van der Waals surface area contributed by atoms with Crippen LogP contribution >= 0.6 is 11.6 Å². The van der Waals surface area contributed by atoms with Crippen LogP contribution in [0, 0.1) is 5.92 Å². The maximum Gasteiger partial charge on any atom is 0.224 e. The van der Waals surface area contributed by atoms with Gasteiger partial charge in [0.15, 0.2) is 0 Å². The van der Waals surface area contributed by atoms with Crippen LogP contribution in [0.2, 0.25) is 5.02 Å². The molecule has 0 aliphatic carbocycles. The Bertz CT molecular complexity index is 531. The second kappa shape index (κ2) is 6.94. The molecule has 0 bridgehead atoms. The Labute approximate surface area is 130 Å². The number of halogens is 1. The molecule has 0 saturated carbocycles. The number of rotatable bonds is 5. The summed E-state index contributed by atoms with van der Waals surface area (Å²) in [6.45, 7) is 5.30. The number of likely N-dealkylation sites (tertiary alicyclic amines) is 1. The molecule has 1 aromatic carbocycles. The Morgan fingerprint density at radius 3 is 2.86 bits per heavy atom. The number of carbonyl (C=O) groups is 2. The number of hydrogen-bond acceptors (Lipinski definition) is 2. The molecule has 21 heavy (non-hydrogen) atoms. The van der Waals surface area contributed by atoms with E-state index < -0.39 is 0 Å². The molecule has 0 spiro atoms. The topological polar surface area (TPSA) is 49.4 Å². The molecule has 1 fully saturated rings. The van der Waals surface area contributed by atoms with Gasteiger partial charge in [0.1, 0.15) is 0 Å². The van der Waals surface area contributed by atoms with Gasteiger partial charge < -0.3 is 10.2 Å². The minimum atomic E-state index is -0.0345. The van der Waals surface area contributed by atoms with Crippen molar-refractivity contribution in [3.05, 3.63) is 34.9 Å². The molecule has 1 unspecified atom stereocenters. The van der Waals surface area contributed by atoms with Crippen molar-refractivity contribution in [2.45, 2.75) is 32.7 Å². The van der Waals surface area contributed by atoms with Gasteiger partial charge in [-0.05, 0) is 31.5 Å². The van der Waals surface area contributed by atoms with Gasteiger partial charge in [-0.25, -0.2) is 0 Å². The molecular weight excluding hydrogens is 288 g/mol. The van der Waals surface area contributed by atoms with E-state index in [2.05, 4.69) is 5.32 Å². The number of benzene rings is 1. The van der Waals surface area contributed by atoms with Crippen LogP contribution in [0.25, 0.3) is 0 Å². The fourth-order valence-corrected chi connectivity index (χ4v) is 2.81. The van der Waals surface area contributed by atoms with Gasteiger partial charge in [0.2, 0.25) is 11.8 Å². The van der Waals surface area contributed by atoms with Crippen molar-refractivity contribution < 1.29 is 9.59 Å². The van der Waals surface area contributed by atoms with Gasteiger partial charge in [0.25, 0.3) is 0 Å². The summed E-state index contributed by atoms with van der Waals surface area (Å²) < 4.78 is 0. The first-order valence-electron chi connectivity index (χ1n) is 7.26. The zero-order valence-electron chi connectivity index (χ0n) is 12.4. The van der Waals surface area contributed by atoms with Gasteiger partial charge in [-0.15, -0.1) is 0 Å². The molecule has 1 aliphatic heterocycles. The van der Waals surface area contributed by atoms with Crippen LogP contribution < -0.4 is 5.32 Å². The van der Waals surface area contributed by atoms with Crippen molar-refractivity contribution >= 4 is 23.4 Å². The maximum atomic E-state index is 11.9. The van der Waals surface area contributed by atoms with Gasteiger partial charge in [0.05, 0.1) is 6.42 Å². The quantitative estimate of drug-likeness (QED) is 0.907. The van der Waals surface area contributed by atoms with E-state index in [0.717, 1.165) is 12.1 Å². The second-order valence-corrected chi connectivity index (χ2v) is 6.26. The third kappa shape index (κ3) is 4.46. The average molecular weight is 309 g/mol. The van der Waals surface area contributed by atoms with Gasteiger partial charge in [-0.3, -0.25) is 9.59 Å². The zero-order chi connectivity index (χ0) is 15.4. The molecule has 5 heteroatoms. The van der Waals surface area contributed by atoms with Crippen molar-refractivity contribution in [1.82, 2.24) is 10.2 Å². The summed E-state index contributed by atoms with van der Waals surface area (Å²) in [6, 6.07) is 7.52. The highest BCUT2D eigenvalue weighted by Gasteiger charge is 2.30. The third-order valence-corrected chi connectivity index (χ3v) is 3.94. The zero-order valence-corrected chi connectivity index (χ0v) is 13.2. The lowest BCUT2D eigenvalue weighted by Gasteiger charge is -2.21. The highest BCUT2D eigenvalue weighted by atomic mass is 35.5. The van der Waals surface area contributed by atoms with Crippen LogP contribution in [-0.4, -0.2) is 35.8 Å². The molecule has 4 nitrogen and oxygen atoms in total. The molecule has 1 atom stereocenters. The Morgan fingerprint density at radius 2 is 2.24 bits per heavy atom. The minimum Gasteiger partial charge on any atom is -0.355 e. The molecule has 114 valence electrons. The first-order chi connectivity index (χ1) is 9.95. The van der Waals surface area contributed by atoms with Crippen LogP contribution in [0.1, 0.15) is 25.8 Å². The number of carbonyl (C=O) groups excluding carboxylic acids is 2. The minimum absolute atomic E-state index is 0.0345. The predicted octanol–water partition coefficient (Wildman–Crippen LogP) is 2.26. The van der Waals surface area contributed by atoms with Crippen LogP contribution in [0.15, 0.2) is 24.3 Å². The molecule has 1 saturated heterocycles. The van der Waals surface area contributed by atoms with Gasteiger partial charge in [-0.2, -0.15) is 0 Å². The van der Waals surface area contributed by atoms with Gasteiger partial charge in [0, 0.05) is 36.5 Å². The monoisotopic (exact) mass is 308 g/mol. The Balaban J connectivity index is 1.79. The van der Waals surface area contributed by atoms with Crippen molar-refractivity contribution in [2.75, 3.05) is 13.1 Å². The summed E-state index contributed by atoms with van der Waals surface area (Å²) in [6.07, 6.45) is 0.838. The molecule has 2 rings (SSSR count). The predicted molar refractivity (Wildman–Crippen MR) is 83.1 cm³/mol. The largest absolute Gasteiger partial charge is 0.355 e. The third-order valence-electron chi connectivity index (χ3n) is 3.70. The molecule has 2 amide bonds. The van der Waals surface area contributed by atoms with E-state index in [9.17, 15) is 9.59 Å². The van der Waals surface area contributed by atoms with E-state index in [0.29, 0.717) is 24.4 Å². The molecule has 1 N–H and O–H groups in total. The van der Waals surface area contributed by atoms with E-state index in [-0.39, 0.29) is 23.8 Å². The Kier molecular flexibility index (Phi) is 5.23. The Hall–Kier alpha value is -1.55. The fourth-order valence-electron chi connectivity index (χ4n) is 2.60. The summed E-state index contributed by atoms with van der Waals surface area (Å²) >= 11 is 5.90. The summed E-state index contributed by atoms with van der Waals surface area (Å²) in [5, 5.41) is 3.55. The van der Waals surface area contributed by atoms with Crippen molar-refractivity contribution in [2.24, 2.45) is 5.92 Å². The van der Waals surface area contributed by atoms with E-state index in [1.165, 1.54) is 0 Å². The van der Waals surface area contributed by atoms with Crippen LogP contribution in [0.3, 0.4) is 0 Å². The average Bonchev–Trinajstić information content (AvgIpc) is 2.78. The fraction of sp³-hybridized carbons (Fsp3) is 0.500. The summed E-state index contributed by atoms with van der Waals surface area (Å²) in [5.41, 5.74) is 0.895. The molecular formula is C16H21ClN2O2. The van der Waals surface area contributed by atoms with Gasteiger partial charge in [-0.1, -0.05) is 23.7 Å². The molecule has 1 heterocycles. The second-order valence-electron chi connectivity index (χ2n) is 5.82. The number of amides is 2. The maximum absolute atomic E-state index is 11.9. The molecule has 0 radical (unpaired) electrons. The van der Waals surface area contributed by atoms with Crippen molar-refractivity contribution in [3.63, 3.8) is 0 Å². The summed E-state index contributed by atoms with van der Waals surface area (Å²) in [7, 11) is 0.